The van der Waals surface area contributed by atoms with Gasteiger partial charge < -0.3 is 15.3 Å². The van der Waals surface area contributed by atoms with Gasteiger partial charge in [0.05, 0.1) is 0 Å². The first-order chi connectivity index (χ1) is 10.6. The van der Waals surface area contributed by atoms with Gasteiger partial charge in [0.2, 0.25) is 5.91 Å². The zero-order chi connectivity index (χ0) is 15.9. The minimum absolute atomic E-state index is 0.0672. The lowest BCUT2D eigenvalue weighted by molar-refractivity contribution is -0.136. The monoisotopic (exact) mass is 304 g/mol. The Kier molecular flexibility index (Phi) is 5.95. The minimum Gasteiger partial charge on any atom is -0.396 e. The van der Waals surface area contributed by atoms with Crippen molar-refractivity contribution in [1.29, 1.82) is 0 Å². The molecule has 1 heterocycles. The fraction of sp³-hybridized carbons (Fsp3) is 0.529. The maximum atomic E-state index is 12.6. The molecule has 0 spiro atoms. The van der Waals surface area contributed by atoms with Gasteiger partial charge in [-0.25, -0.2) is 0 Å². The first-order valence-electron chi connectivity index (χ1n) is 7.90. The second kappa shape index (κ2) is 7.94. The zero-order valence-corrected chi connectivity index (χ0v) is 13.0. The normalized spacial score (nSPS) is 19.5. The summed E-state index contributed by atoms with van der Waals surface area (Å²) in [7, 11) is 0. The quantitative estimate of drug-likeness (QED) is 0.867. The first-order valence-corrected chi connectivity index (χ1v) is 7.90. The molecular formula is C17H24N2O3. The second-order valence-corrected chi connectivity index (χ2v) is 5.75. The van der Waals surface area contributed by atoms with E-state index in [2.05, 4.69) is 5.32 Å². The summed E-state index contributed by atoms with van der Waals surface area (Å²) in [5.74, 6) is -0.306. The molecule has 2 atom stereocenters. The van der Waals surface area contributed by atoms with Crippen LogP contribution in [-0.2, 0) is 4.79 Å². The molecule has 22 heavy (non-hydrogen) atoms. The molecule has 0 aliphatic carbocycles. The Bertz CT molecular complexity index is 502. The molecule has 1 aromatic rings. The van der Waals surface area contributed by atoms with E-state index in [0.717, 1.165) is 19.3 Å². The number of likely N-dealkylation sites (tertiary alicyclic amines) is 1. The van der Waals surface area contributed by atoms with Crippen LogP contribution in [0.1, 0.15) is 43.0 Å². The number of nitrogens with zero attached hydrogens (tertiary/aromatic N) is 1. The van der Waals surface area contributed by atoms with Gasteiger partial charge >= 0.3 is 0 Å². The summed E-state index contributed by atoms with van der Waals surface area (Å²) in [5.41, 5.74) is 0.549. The van der Waals surface area contributed by atoms with Gasteiger partial charge in [0.1, 0.15) is 6.04 Å². The van der Waals surface area contributed by atoms with Crippen LogP contribution in [0.15, 0.2) is 30.3 Å². The van der Waals surface area contributed by atoms with Crippen LogP contribution in [-0.4, -0.2) is 47.1 Å². The van der Waals surface area contributed by atoms with Gasteiger partial charge in [0, 0.05) is 24.8 Å². The van der Waals surface area contributed by atoms with Gasteiger partial charge in [-0.15, -0.1) is 0 Å². The Morgan fingerprint density at radius 3 is 2.73 bits per heavy atom. The van der Waals surface area contributed by atoms with Gasteiger partial charge in [-0.3, -0.25) is 9.59 Å². The molecular weight excluding hydrogens is 280 g/mol. The lowest BCUT2D eigenvalue weighted by atomic mass is 9.98. The van der Waals surface area contributed by atoms with Gasteiger partial charge in [-0.2, -0.15) is 0 Å². The van der Waals surface area contributed by atoms with E-state index in [0.29, 0.717) is 18.5 Å². The van der Waals surface area contributed by atoms with Gasteiger partial charge in [-0.1, -0.05) is 18.2 Å². The maximum Gasteiger partial charge on any atom is 0.251 e. The molecule has 1 aliphatic heterocycles. The lowest BCUT2D eigenvalue weighted by Gasteiger charge is -2.37. The fourth-order valence-electron chi connectivity index (χ4n) is 2.92. The number of amides is 2. The standard InChI is InChI=1S/C17H24N2O3/c1-13(18-16(21)14-7-3-2-4-8-14)17(22)19-11-6-5-9-15(19)10-12-20/h2-4,7-8,13,15,20H,5-6,9-12H2,1H3,(H,18,21). The minimum atomic E-state index is -0.563. The molecule has 0 radical (unpaired) electrons. The van der Waals surface area contributed by atoms with E-state index in [4.69, 9.17) is 5.11 Å². The van der Waals surface area contributed by atoms with Gasteiger partial charge in [0.15, 0.2) is 0 Å². The van der Waals surface area contributed by atoms with Crippen LogP contribution >= 0.6 is 0 Å². The molecule has 2 unspecified atom stereocenters. The predicted octanol–water partition coefficient (Wildman–Crippen LogP) is 1.57. The number of hydrogen-bond acceptors (Lipinski definition) is 3. The molecule has 5 nitrogen and oxygen atoms in total. The molecule has 1 fully saturated rings. The average Bonchev–Trinajstić information content (AvgIpc) is 2.55. The largest absolute Gasteiger partial charge is 0.396 e. The molecule has 2 N–H and O–H groups in total. The summed E-state index contributed by atoms with van der Waals surface area (Å²) in [5, 5.41) is 11.9. The Balaban J connectivity index is 1.97. The van der Waals surface area contributed by atoms with E-state index in [1.807, 2.05) is 11.0 Å². The molecule has 0 saturated carbocycles. The van der Waals surface area contributed by atoms with Crippen molar-refractivity contribution in [3.05, 3.63) is 35.9 Å². The number of carbonyl (C=O) groups is 2. The van der Waals surface area contributed by atoms with E-state index >= 15 is 0 Å². The predicted molar refractivity (Wildman–Crippen MR) is 84.4 cm³/mol. The Morgan fingerprint density at radius 2 is 2.05 bits per heavy atom. The number of hydrogen-bond donors (Lipinski definition) is 2. The lowest BCUT2D eigenvalue weighted by Crippen LogP contribution is -2.52. The number of benzene rings is 1. The second-order valence-electron chi connectivity index (χ2n) is 5.75. The summed E-state index contributed by atoms with van der Waals surface area (Å²) in [6, 6.07) is 8.41. The van der Waals surface area contributed by atoms with Crippen LogP contribution in [0.3, 0.4) is 0 Å². The third-order valence-electron chi connectivity index (χ3n) is 4.13. The number of rotatable bonds is 5. The number of aliphatic hydroxyl groups is 1. The van der Waals surface area contributed by atoms with E-state index in [-0.39, 0.29) is 24.5 Å². The summed E-state index contributed by atoms with van der Waals surface area (Å²) in [6.45, 7) is 2.50. The summed E-state index contributed by atoms with van der Waals surface area (Å²) in [6.07, 6.45) is 3.59. The van der Waals surface area contributed by atoms with Crippen molar-refractivity contribution in [2.45, 2.75) is 44.7 Å². The first kappa shape index (κ1) is 16.5. The Labute approximate surface area is 131 Å². The van der Waals surface area contributed by atoms with Gasteiger partial charge in [0.25, 0.3) is 5.91 Å². The van der Waals surface area contributed by atoms with Crippen molar-refractivity contribution in [2.75, 3.05) is 13.2 Å². The Hall–Kier alpha value is -1.88. The SMILES string of the molecule is CC(NC(=O)c1ccccc1)C(=O)N1CCCCC1CCO. The Morgan fingerprint density at radius 1 is 1.32 bits per heavy atom. The highest BCUT2D eigenvalue weighted by atomic mass is 16.3. The van der Waals surface area contributed by atoms with E-state index in [1.165, 1.54) is 0 Å². The molecule has 1 saturated heterocycles. The maximum absolute atomic E-state index is 12.6. The molecule has 120 valence electrons. The van der Waals surface area contributed by atoms with Crippen LogP contribution in [0.2, 0.25) is 0 Å². The highest BCUT2D eigenvalue weighted by Crippen LogP contribution is 2.20. The van der Waals surface area contributed by atoms with Crippen LogP contribution in [0.4, 0.5) is 0 Å². The summed E-state index contributed by atoms with van der Waals surface area (Å²) in [4.78, 5) is 26.5. The average molecular weight is 304 g/mol. The molecule has 0 aromatic heterocycles. The number of nitrogens with one attached hydrogen (secondary N) is 1. The molecule has 2 rings (SSSR count). The molecule has 5 heteroatoms. The highest BCUT2D eigenvalue weighted by molar-refractivity contribution is 5.97. The number of carbonyl (C=O) groups excluding carboxylic acids is 2. The number of piperidine rings is 1. The zero-order valence-electron chi connectivity index (χ0n) is 13.0. The summed E-state index contributed by atoms with van der Waals surface area (Å²) >= 11 is 0. The third kappa shape index (κ3) is 4.07. The topological polar surface area (TPSA) is 69.6 Å². The van der Waals surface area contributed by atoms with Crippen molar-refractivity contribution in [1.82, 2.24) is 10.2 Å². The highest BCUT2D eigenvalue weighted by Gasteiger charge is 2.29. The van der Waals surface area contributed by atoms with E-state index in [1.54, 1.807) is 31.2 Å². The van der Waals surface area contributed by atoms with E-state index in [9.17, 15) is 9.59 Å². The van der Waals surface area contributed by atoms with Crippen molar-refractivity contribution < 1.29 is 14.7 Å². The van der Waals surface area contributed by atoms with Crippen LogP contribution in [0.25, 0.3) is 0 Å². The third-order valence-corrected chi connectivity index (χ3v) is 4.13. The van der Waals surface area contributed by atoms with Crippen molar-refractivity contribution in [3.8, 4) is 0 Å². The van der Waals surface area contributed by atoms with Crippen LogP contribution in [0, 0.1) is 0 Å². The summed E-state index contributed by atoms with van der Waals surface area (Å²) < 4.78 is 0. The molecule has 1 aromatic carbocycles. The van der Waals surface area contributed by atoms with Crippen molar-refractivity contribution in [2.24, 2.45) is 0 Å². The smallest absolute Gasteiger partial charge is 0.251 e. The van der Waals surface area contributed by atoms with E-state index < -0.39 is 6.04 Å². The fourth-order valence-corrected chi connectivity index (χ4v) is 2.92. The van der Waals surface area contributed by atoms with Crippen LogP contribution < -0.4 is 5.32 Å². The van der Waals surface area contributed by atoms with Crippen LogP contribution in [0.5, 0.6) is 0 Å². The molecule has 0 bridgehead atoms. The van der Waals surface area contributed by atoms with Gasteiger partial charge in [-0.05, 0) is 44.7 Å². The van der Waals surface area contributed by atoms with Crippen molar-refractivity contribution >= 4 is 11.8 Å². The molecule has 1 aliphatic rings. The molecule has 2 amide bonds. The van der Waals surface area contributed by atoms with Crippen molar-refractivity contribution in [3.63, 3.8) is 0 Å². The number of aliphatic hydroxyl groups excluding tert-OH is 1.